The second-order valence-corrected chi connectivity index (χ2v) is 10.6. The summed E-state index contributed by atoms with van der Waals surface area (Å²) >= 11 is 1.61. The lowest BCUT2D eigenvalue weighted by atomic mass is 9.57. The summed E-state index contributed by atoms with van der Waals surface area (Å²) in [6.07, 6.45) is 4.04. The van der Waals surface area contributed by atoms with Crippen LogP contribution in [0, 0.1) is 6.92 Å². The highest BCUT2D eigenvalue weighted by Gasteiger charge is 2.68. The first-order valence-electron chi connectivity index (χ1n) is 11.2. The lowest BCUT2D eigenvalue weighted by Gasteiger charge is -2.72. The Morgan fingerprint density at radius 1 is 1.31 bits per heavy atom. The smallest absolute Gasteiger partial charge is 0.226 e. The normalized spacial score (nSPS) is 28.8. The van der Waals surface area contributed by atoms with Crippen LogP contribution < -0.4 is 10.6 Å². The number of hydrogen-bond donors (Lipinski definition) is 3. The summed E-state index contributed by atoms with van der Waals surface area (Å²) in [5.41, 5.74) is 0.824. The van der Waals surface area contributed by atoms with E-state index in [1.807, 2.05) is 43.4 Å². The summed E-state index contributed by atoms with van der Waals surface area (Å²) in [5, 5.41) is 17.2. The van der Waals surface area contributed by atoms with Crippen molar-refractivity contribution in [1.29, 1.82) is 0 Å². The number of likely N-dealkylation sites (N-methyl/N-ethyl adjacent to an activating group) is 1. The Kier molecular flexibility index (Phi) is 4.53. The number of Topliss-reactive ketones (excluding diaryl/α,β-unsaturated/α-hetero) is 1. The van der Waals surface area contributed by atoms with Crippen LogP contribution in [0.15, 0.2) is 17.5 Å². The van der Waals surface area contributed by atoms with Crippen LogP contribution in [0.1, 0.15) is 31.4 Å². The number of hydrogen-bond acceptors (Lipinski definition) is 9. The van der Waals surface area contributed by atoms with Gasteiger partial charge in [0.25, 0.3) is 0 Å². The minimum atomic E-state index is -0.171. The molecule has 0 bridgehead atoms. The number of H-pyrrole nitrogens is 1. The maximum absolute atomic E-state index is 12.8. The SMILES string of the molecule is Cc1cc(Nc2nc(N[C@H]3C[C@@H]4CC5(C(=O)CN(C)C)C[C@H](C3)N45)nc3sccc23)n[nH]1. The number of fused-ring (bicyclic) bond motifs is 1. The molecule has 1 unspecified atom stereocenters. The number of aryl methyl sites for hydroxylation is 1. The number of carbonyl (C=O) groups excluding carboxylic acids is 1. The fourth-order valence-corrected chi connectivity index (χ4v) is 6.68. The zero-order valence-electron chi connectivity index (χ0n) is 18.6. The molecule has 3 aromatic heterocycles. The third kappa shape index (κ3) is 3.12. The van der Waals surface area contributed by atoms with Crippen molar-refractivity contribution in [2.75, 3.05) is 31.3 Å². The van der Waals surface area contributed by atoms with E-state index in [0.717, 1.165) is 53.2 Å². The van der Waals surface area contributed by atoms with Crippen molar-refractivity contribution >= 4 is 44.9 Å². The lowest BCUT2D eigenvalue weighted by molar-refractivity contribution is -0.217. The summed E-state index contributed by atoms with van der Waals surface area (Å²) in [7, 11) is 3.94. The molecule has 0 aromatic carbocycles. The van der Waals surface area contributed by atoms with Crippen molar-refractivity contribution in [3.05, 3.63) is 23.2 Å². The van der Waals surface area contributed by atoms with Crippen LogP contribution in [-0.2, 0) is 4.79 Å². The molecule has 3 aliphatic rings. The number of nitrogens with one attached hydrogen (secondary N) is 3. The lowest BCUT2D eigenvalue weighted by Crippen LogP contribution is -2.84. The molecule has 0 spiro atoms. The van der Waals surface area contributed by atoms with Gasteiger partial charge in [-0.3, -0.25) is 14.8 Å². The zero-order chi connectivity index (χ0) is 22.0. The predicted molar refractivity (Wildman–Crippen MR) is 126 cm³/mol. The molecule has 168 valence electrons. The molecule has 0 radical (unpaired) electrons. The van der Waals surface area contributed by atoms with Gasteiger partial charge in [-0.25, -0.2) is 4.98 Å². The molecule has 3 saturated heterocycles. The second-order valence-electron chi connectivity index (χ2n) is 9.72. The minimum absolute atomic E-state index is 0.171. The zero-order valence-corrected chi connectivity index (χ0v) is 19.4. The van der Waals surface area contributed by atoms with Crippen molar-refractivity contribution in [3.63, 3.8) is 0 Å². The quantitative estimate of drug-likeness (QED) is 0.503. The van der Waals surface area contributed by atoms with E-state index in [1.165, 1.54) is 0 Å². The number of aromatic nitrogens is 4. The van der Waals surface area contributed by atoms with Crippen LogP contribution >= 0.6 is 11.3 Å². The van der Waals surface area contributed by atoms with Gasteiger partial charge in [0.1, 0.15) is 10.6 Å². The third-order valence-electron chi connectivity index (χ3n) is 7.13. The molecule has 32 heavy (non-hydrogen) atoms. The number of aromatic amines is 1. The van der Waals surface area contributed by atoms with Crippen LogP contribution in [0.25, 0.3) is 10.2 Å². The van der Waals surface area contributed by atoms with Gasteiger partial charge in [-0.15, -0.1) is 11.3 Å². The monoisotopic (exact) mass is 452 g/mol. The predicted octanol–water partition coefficient (Wildman–Crippen LogP) is 2.76. The number of piperidine rings is 2. The Morgan fingerprint density at radius 3 is 2.78 bits per heavy atom. The van der Waals surface area contributed by atoms with Crippen LogP contribution in [0.2, 0.25) is 0 Å². The van der Waals surface area contributed by atoms with E-state index in [2.05, 4.69) is 25.7 Å². The van der Waals surface area contributed by atoms with Crippen LogP contribution in [0.4, 0.5) is 17.6 Å². The Labute approximate surface area is 190 Å². The van der Waals surface area contributed by atoms with Gasteiger partial charge in [0.05, 0.1) is 17.5 Å². The minimum Gasteiger partial charge on any atom is -0.351 e. The van der Waals surface area contributed by atoms with Gasteiger partial charge < -0.3 is 15.5 Å². The number of rotatable bonds is 7. The third-order valence-corrected chi connectivity index (χ3v) is 7.94. The van der Waals surface area contributed by atoms with E-state index < -0.39 is 0 Å². The molecule has 0 amide bonds. The Morgan fingerprint density at radius 2 is 2.09 bits per heavy atom. The fraction of sp³-hybridized carbons (Fsp3) is 0.545. The van der Waals surface area contributed by atoms with Crippen molar-refractivity contribution in [3.8, 4) is 0 Å². The topological polar surface area (TPSA) is 102 Å². The van der Waals surface area contributed by atoms with Gasteiger partial charge in [0.2, 0.25) is 5.95 Å². The Hall–Kier alpha value is -2.56. The van der Waals surface area contributed by atoms with E-state index in [0.29, 0.717) is 36.4 Å². The number of ketones is 1. The highest BCUT2D eigenvalue weighted by Crippen LogP contribution is 2.57. The molecule has 9 nitrogen and oxygen atoms in total. The van der Waals surface area contributed by atoms with Gasteiger partial charge in [-0.05, 0) is 58.1 Å². The van der Waals surface area contributed by atoms with Gasteiger partial charge in [-0.2, -0.15) is 10.1 Å². The largest absolute Gasteiger partial charge is 0.351 e. The Bertz CT molecular complexity index is 1170. The number of carbonyl (C=O) groups is 1. The maximum atomic E-state index is 12.8. The van der Waals surface area contributed by atoms with Crippen molar-refractivity contribution in [2.24, 2.45) is 0 Å². The van der Waals surface area contributed by atoms with Crippen molar-refractivity contribution in [1.82, 2.24) is 30.0 Å². The van der Waals surface area contributed by atoms with Gasteiger partial charge in [0, 0.05) is 29.9 Å². The molecule has 3 aliphatic heterocycles. The second kappa shape index (κ2) is 7.23. The molecule has 6 heterocycles. The summed E-state index contributed by atoms with van der Waals surface area (Å²) < 4.78 is 0. The molecule has 3 aromatic rings. The van der Waals surface area contributed by atoms with E-state index in [-0.39, 0.29) is 5.54 Å². The molecular weight excluding hydrogens is 424 g/mol. The van der Waals surface area contributed by atoms with Crippen molar-refractivity contribution in [2.45, 2.75) is 56.3 Å². The molecule has 0 saturated carbocycles. The molecule has 4 atom stereocenters. The van der Waals surface area contributed by atoms with Crippen LogP contribution in [-0.4, -0.2) is 80.1 Å². The van der Waals surface area contributed by atoms with Crippen molar-refractivity contribution < 1.29 is 4.79 Å². The summed E-state index contributed by atoms with van der Waals surface area (Å²) in [5.74, 6) is 2.55. The number of anilines is 3. The maximum Gasteiger partial charge on any atom is 0.226 e. The van der Waals surface area contributed by atoms with E-state index in [9.17, 15) is 4.79 Å². The highest BCUT2D eigenvalue weighted by atomic mass is 32.1. The average Bonchev–Trinajstić information content (AvgIpc) is 3.32. The standard InChI is InChI=1S/C22H28N8OS/c1-12-6-18(28-27-12)24-19-16-4-5-32-20(16)26-21(25-19)23-13-7-14-9-22(17(31)11-29(2)3)10-15(8-13)30(14)22/h4-6,13-15H,7-11H2,1-3H3,(H3,23,24,25,26,27,28)/t13-,14+,15-,22?. The molecule has 3 fully saturated rings. The fourth-order valence-electron chi connectivity index (χ4n) is 5.91. The summed E-state index contributed by atoms with van der Waals surface area (Å²) in [6.45, 7) is 2.51. The molecule has 0 aliphatic carbocycles. The van der Waals surface area contributed by atoms with Gasteiger partial charge >= 0.3 is 0 Å². The number of thiophene rings is 1. The molecule has 6 rings (SSSR count). The van der Waals surface area contributed by atoms with E-state index >= 15 is 0 Å². The molecule has 3 N–H and O–H groups in total. The summed E-state index contributed by atoms with van der Waals surface area (Å²) in [4.78, 5) is 27.8. The van der Waals surface area contributed by atoms with Crippen LogP contribution in [0.5, 0.6) is 0 Å². The van der Waals surface area contributed by atoms with E-state index in [4.69, 9.17) is 9.97 Å². The average molecular weight is 453 g/mol. The molecule has 10 heteroatoms. The van der Waals surface area contributed by atoms with E-state index in [1.54, 1.807) is 11.3 Å². The Balaban J connectivity index is 1.17. The van der Waals surface area contributed by atoms with Gasteiger partial charge in [-0.1, -0.05) is 0 Å². The van der Waals surface area contributed by atoms with Gasteiger partial charge in [0.15, 0.2) is 11.6 Å². The summed E-state index contributed by atoms with van der Waals surface area (Å²) in [6, 6.07) is 5.29. The first-order chi connectivity index (χ1) is 15.4. The van der Waals surface area contributed by atoms with Crippen LogP contribution in [0.3, 0.4) is 0 Å². The number of nitrogens with zero attached hydrogens (tertiary/aromatic N) is 5. The highest BCUT2D eigenvalue weighted by molar-refractivity contribution is 7.16. The molecular formula is C22H28N8OS. The first-order valence-corrected chi connectivity index (χ1v) is 12.1. The first kappa shape index (κ1) is 20.1.